The number of hydrogen-bond donors (Lipinski definition) is 1. The van der Waals surface area contributed by atoms with Crippen LogP contribution in [-0.2, 0) is 6.61 Å². The topological polar surface area (TPSA) is 35.2 Å². The predicted octanol–water partition coefficient (Wildman–Crippen LogP) is 3.16. The van der Waals surface area contributed by atoms with Crippen LogP contribution in [0, 0.1) is 30.4 Å². The number of benzene rings is 2. The lowest BCUT2D eigenvalue weighted by Crippen LogP contribution is -2.00. The van der Waals surface area contributed by atoms with Crippen LogP contribution in [0.5, 0.6) is 5.75 Å². The van der Waals surface area contributed by atoms with E-state index in [0.717, 1.165) is 0 Å². The molecule has 108 valence electrons. The van der Waals surface area contributed by atoms with Crippen molar-refractivity contribution < 1.29 is 13.5 Å². The van der Waals surface area contributed by atoms with Gasteiger partial charge in [-0.25, -0.2) is 8.78 Å². The molecule has 0 saturated carbocycles. The van der Waals surface area contributed by atoms with Crippen molar-refractivity contribution in [1.29, 1.82) is 0 Å². The molecule has 0 saturated heterocycles. The molecule has 2 aromatic carbocycles. The summed E-state index contributed by atoms with van der Waals surface area (Å²) in [5.41, 5.74) is 6.75. The Labute approximate surface area is 122 Å². The highest BCUT2D eigenvalue weighted by Gasteiger charge is 2.07. The highest BCUT2D eigenvalue weighted by Crippen LogP contribution is 2.21. The Balaban J connectivity index is 2.15. The van der Waals surface area contributed by atoms with Crippen LogP contribution in [0.15, 0.2) is 36.4 Å². The van der Waals surface area contributed by atoms with Gasteiger partial charge in [0.2, 0.25) is 0 Å². The van der Waals surface area contributed by atoms with Gasteiger partial charge in [-0.15, -0.1) is 0 Å². The summed E-state index contributed by atoms with van der Waals surface area (Å²) < 4.78 is 32.8. The summed E-state index contributed by atoms with van der Waals surface area (Å²) in [5.74, 6) is 4.63. The molecular formula is C17H15F2NO. The SMILES string of the molecule is Cc1cccc(OCc2ccc(F)c(C#CCN)c2)c1F. The lowest BCUT2D eigenvalue weighted by Gasteiger charge is -2.09. The normalized spacial score (nSPS) is 9.90. The van der Waals surface area contributed by atoms with Crippen LogP contribution >= 0.6 is 0 Å². The Hall–Kier alpha value is -2.38. The van der Waals surface area contributed by atoms with E-state index in [1.165, 1.54) is 6.07 Å². The lowest BCUT2D eigenvalue weighted by molar-refractivity contribution is 0.289. The second-order valence-corrected chi connectivity index (χ2v) is 4.50. The third-order valence-corrected chi connectivity index (χ3v) is 2.91. The third-order valence-electron chi connectivity index (χ3n) is 2.91. The summed E-state index contributed by atoms with van der Waals surface area (Å²) in [6.07, 6.45) is 0. The lowest BCUT2D eigenvalue weighted by atomic mass is 10.1. The minimum Gasteiger partial charge on any atom is -0.486 e. The zero-order valence-corrected chi connectivity index (χ0v) is 11.6. The fourth-order valence-electron chi connectivity index (χ4n) is 1.80. The van der Waals surface area contributed by atoms with Crippen LogP contribution in [-0.4, -0.2) is 6.54 Å². The molecule has 2 aromatic rings. The van der Waals surface area contributed by atoms with Gasteiger partial charge in [0.25, 0.3) is 0 Å². The number of ether oxygens (including phenoxy) is 1. The van der Waals surface area contributed by atoms with Gasteiger partial charge in [0.05, 0.1) is 12.1 Å². The molecule has 0 atom stereocenters. The first kappa shape index (κ1) is 15.0. The van der Waals surface area contributed by atoms with Gasteiger partial charge >= 0.3 is 0 Å². The first-order valence-electron chi connectivity index (χ1n) is 6.47. The molecule has 2 N–H and O–H groups in total. The fourth-order valence-corrected chi connectivity index (χ4v) is 1.80. The van der Waals surface area contributed by atoms with Gasteiger partial charge in [0.1, 0.15) is 12.4 Å². The summed E-state index contributed by atoms with van der Waals surface area (Å²) in [6.45, 7) is 1.97. The van der Waals surface area contributed by atoms with E-state index in [4.69, 9.17) is 10.5 Å². The first-order valence-corrected chi connectivity index (χ1v) is 6.47. The van der Waals surface area contributed by atoms with Crippen molar-refractivity contribution >= 4 is 0 Å². The van der Waals surface area contributed by atoms with Crippen LogP contribution in [0.1, 0.15) is 16.7 Å². The average molecular weight is 287 g/mol. The molecule has 0 heterocycles. The van der Waals surface area contributed by atoms with Crippen LogP contribution in [0.4, 0.5) is 8.78 Å². The van der Waals surface area contributed by atoms with E-state index in [-0.39, 0.29) is 30.3 Å². The van der Waals surface area contributed by atoms with Crippen LogP contribution in [0.2, 0.25) is 0 Å². The Bertz CT molecular complexity index is 702. The number of aryl methyl sites for hydroxylation is 1. The van der Waals surface area contributed by atoms with Crippen molar-refractivity contribution in [3.63, 3.8) is 0 Å². The van der Waals surface area contributed by atoms with Gasteiger partial charge in [-0.1, -0.05) is 30.0 Å². The van der Waals surface area contributed by atoms with Gasteiger partial charge < -0.3 is 10.5 Å². The van der Waals surface area contributed by atoms with Gasteiger partial charge in [-0.2, -0.15) is 0 Å². The minimum absolute atomic E-state index is 0.137. The predicted molar refractivity (Wildman–Crippen MR) is 77.8 cm³/mol. The van der Waals surface area contributed by atoms with Crippen LogP contribution in [0.3, 0.4) is 0 Å². The molecule has 0 aliphatic carbocycles. The monoisotopic (exact) mass is 287 g/mol. The van der Waals surface area contributed by atoms with E-state index in [1.54, 1.807) is 37.3 Å². The molecule has 0 bridgehead atoms. The molecule has 0 aromatic heterocycles. The van der Waals surface area contributed by atoms with E-state index in [0.29, 0.717) is 11.1 Å². The zero-order chi connectivity index (χ0) is 15.2. The van der Waals surface area contributed by atoms with Gasteiger partial charge in [0.15, 0.2) is 11.6 Å². The highest BCUT2D eigenvalue weighted by molar-refractivity contribution is 5.39. The Morgan fingerprint density at radius 1 is 1.19 bits per heavy atom. The first-order chi connectivity index (χ1) is 10.1. The number of halogens is 2. The van der Waals surface area contributed by atoms with E-state index in [2.05, 4.69) is 11.8 Å². The van der Waals surface area contributed by atoms with Crippen molar-refractivity contribution in [2.75, 3.05) is 6.54 Å². The van der Waals surface area contributed by atoms with E-state index in [1.807, 2.05) is 0 Å². The summed E-state index contributed by atoms with van der Waals surface area (Å²) in [6, 6.07) is 9.41. The highest BCUT2D eigenvalue weighted by atomic mass is 19.1. The summed E-state index contributed by atoms with van der Waals surface area (Å²) in [7, 11) is 0. The maximum absolute atomic E-state index is 13.8. The van der Waals surface area contributed by atoms with Crippen molar-refractivity contribution in [1.82, 2.24) is 0 Å². The Morgan fingerprint density at radius 2 is 2.00 bits per heavy atom. The van der Waals surface area contributed by atoms with Gasteiger partial charge in [0, 0.05) is 0 Å². The largest absolute Gasteiger partial charge is 0.486 e. The summed E-state index contributed by atoms with van der Waals surface area (Å²) in [4.78, 5) is 0. The number of nitrogens with two attached hydrogens (primary N) is 1. The van der Waals surface area contributed by atoms with Crippen LogP contribution in [0.25, 0.3) is 0 Å². The second-order valence-electron chi connectivity index (χ2n) is 4.50. The fraction of sp³-hybridized carbons (Fsp3) is 0.176. The smallest absolute Gasteiger partial charge is 0.167 e. The molecule has 0 aliphatic heterocycles. The van der Waals surface area contributed by atoms with E-state index >= 15 is 0 Å². The van der Waals surface area contributed by atoms with Gasteiger partial charge in [-0.3, -0.25) is 0 Å². The van der Waals surface area contributed by atoms with E-state index in [9.17, 15) is 8.78 Å². The molecule has 21 heavy (non-hydrogen) atoms. The second kappa shape index (κ2) is 6.87. The third kappa shape index (κ3) is 3.80. The summed E-state index contributed by atoms with van der Waals surface area (Å²) in [5, 5.41) is 0. The van der Waals surface area contributed by atoms with Crippen molar-refractivity contribution in [3.8, 4) is 17.6 Å². The number of rotatable bonds is 3. The molecule has 2 nitrogen and oxygen atoms in total. The van der Waals surface area contributed by atoms with E-state index < -0.39 is 5.82 Å². The van der Waals surface area contributed by atoms with Crippen molar-refractivity contribution in [3.05, 3.63) is 64.7 Å². The molecule has 0 spiro atoms. The van der Waals surface area contributed by atoms with Crippen LogP contribution < -0.4 is 10.5 Å². The van der Waals surface area contributed by atoms with Crippen molar-refractivity contribution in [2.45, 2.75) is 13.5 Å². The average Bonchev–Trinajstić information content (AvgIpc) is 2.49. The van der Waals surface area contributed by atoms with Crippen molar-refractivity contribution in [2.24, 2.45) is 5.73 Å². The molecule has 0 aliphatic rings. The Morgan fingerprint density at radius 3 is 2.76 bits per heavy atom. The maximum Gasteiger partial charge on any atom is 0.167 e. The molecule has 0 radical (unpaired) electrons. The zero-order valence-electron chi connectivity index (χ0n) is 11.6. The molecule has 0 amide bonds. The molecular weight excluding hydrogens is 272 g/mol. The maximum atomic E-state index is 13.8. The minimum atomic E-state index is -0.415. The van der Waals surface area contributed by atoms with Gasteiger partial charge in [-0.05, 0) is 36.2 Å². The standard InChI is InChI=1S/C17H15F2NO/c1-12-4-2-6-16(17(12)19)21-11-13-7-8-15(18)14(10-13)5-3-9-20/h2,4,6-8,10H,9,11,20H2,1H3. The molecule has 0 fully saturated rings. The Kier molecular flexibility index (Phi) is 4.91. The molecule has 2 rings (SSSR count). The molecule has 0 unspecified atom stereocenters. The number of hydrogen-bond acceptors (Lipinski definition) is 2. The molecule has 4 heteroatoms. The quantitative estimate of drug-likeness (QED) is 0.880. The summed E-state index contributed by atoms with van der Waals surface area (Å²) >= 11 is 0.